The van der Waals surface area contributed by atoms with Crippen LogP contribution in [0.4, 0.5) is 0 Å². The Hall–Kier alpha value is -3.61. The number of nitrogens with one attached hydrogen (secondary N) is 1. The van der Waals surface area contributed by atoms with Gasteiger partial charge in [-0.1, -0.05) is 12.1 Å². The molecule has 1 aliphatic carbocycles. The van der Waals surface area contributed by atoms with Crippen LogP contribution in [0.25, 0.3) is 28.5 Å². The molecule has 3 aromatic heterocycles. The molecule has 0 spiro atoms. The number of imidazole rings is 1. The van der Waals surface area contributed by atoms with E-state index in [2.05, 4.69) is 9.71 Å². The molecule has 194 valence electrons. The molecule has 1 fully saturated rings. The van der Waals surface area contributed by atoms with Gasteiger partial charge in [0.25, 0.3) is 0 Å². The average molecular weight is 524 g/mol. The molecule has 1 N–H and O–H groups in total. The van der Waals surface area contributed by atoms with Gasteiger partial charge in [-0.15, -0.1) is 0 Å². The third-order valence-corrected chi connectivity index (χ3v) is 6.44. The Balaban J connectivity index is 1.79. The van der Waals surface area contributed by atoms with Gasteiger partial charge in [-0.2, -0.15) is 0 Å². The lowest BCUT2D eigenvalue weighted by Crippen LogP contribution is -2.19. The monoisotopic (exact) mass is 523 g/mol. The lowest BCUT2D eigenvalue weighted by atomic mass is 10.1. The summed E-state index contributed by atoms with van der Waals surface area (Å²) >= 11 is -2.44. The van der Waals surface area contributed by atoms with Gasteiger partial charge in [0.15, 0.2) is 17.1 Å². The van der Waals surface area contributed by atoms with Gasteiger partial charge in [0, 0.05) is 17.3 Å². The van der Waals surface area contributed by atoms with Crippen molar-refractivity contribution < 1.29 is 23.0 Å². The number of aromatic nitrogens is 5. The van der Waals surface area contributed by atoms with E-state index < -0.39 is 11.3 Å². The van der Waals surface area contributed by atoms with Crippen molar-refractivity contribution in [3.63, 3.8) is 0 Å². The van der Waals surface area contributed by atoms with Crippen LogP contribution in [0.1, 0.15) is 31.2 Å². The Labute approximate surface area is 216 Å². The van der Waals surface area contributed by atoms with Gasteiger partial charge in [0.05, 0.1) is 38.8 Å². The van der Waals surface area contributed by atoms with E-state index in [1.807, 2.05) is 37.3 Å². The number of benzene rings is 1. The molecule has 1 unspecified atom stereocenters. The Bertz CT molecular complexity index is 1430. The van der Waals surface area contributed by atoms with Crippen LogP contribution in [0, 0.1) is 5.92 Å². The standard InChI is InChI=1S/C25H28N6O5S/c1-4-36-21-10-5-7-16(27-21)24-30-23-25(31(24)22-19(34-2)8-6-9-20(22)35-3)29-18(14-26-37(32)33)17(28-23)13-15-11-12-15/h5-10,15,26H,4,11-14H2,1-3H3,(H,32,33)/p-1. The molecule has 0 bridgehead atoms. The molecule has 37 heavy (non-hydrogen) atoms. The lowest BCUT2D eigenvalue weighted by Gasteiger charge is -2.17. The maximum absolute atomic E-state index is 11.3. The molecule has 5 rings (SSSR count). The van der Waals surface area contributed by atoms with Crippen molar-refractivity contribution in [1.82, 2.24) is 29.2 Å². The summed E-state index contributed by atoms with van der Waals surface area (Å²) in [4.78, 5) is 19.3. The second-order valence-corrected chi connectivity index (χ2v) is 9.30. The maximum atomic E-state index is 11.3. The number of nitrogens with zero attached hydrogens (tertiary/aromatic N) is 5. The van der Waals surface area contributed by atoms with Gasteiger partial charge in [0.1, 0.15) is 22.9 Å². The summed E-state index contributed by atoms with van der Waals surface area (Å²) in [5, 5.41) is 0. The Morgan fingerprint density at radius 1 is 1.03 bits per heavy atom. The first-order valence-corrected chi connectivity index (χ1v) is 13.0. The van der Waals surface area contributed by atoms with Gasteiger partial charge in [-0.25, -0.2) is 24.7 Å². The molecule has 0 amide bonds. The first-order chi connectivity index (χ1) is 18.0. The molecule has 11 nitrogen and oxygen atoms in total. The van der Waals surface area contributed by atoms with Crippen LogP contribution >= 0.6 is 0 Å². The minimum absolute atomic E-state index is 0.0166. The Kier molecular flexibility index (Phi) is 7.31. The van der Waals surface area contributed by atoms with Gasteiger partial charge in [0.2, 0.25) is 5.88 Å². The summed E-state index contributed by atoms with van der Waals surface area (Å²) in [7, 11) is 3.15. The van der Waals surface area contributed by atoms with E-state index in [4.69, 9.17) is 29.2 Å². The largest absolute Gasteiger partial charge is 0.760 e. The minimum Gasteiger partial charge on any atom is -0.760 e. The fourth-order valence-corrected chi connectivity index (χ4v) is 4.45. The summed E-state index contributed by atoms with van der Waals surface area (Å²) in [6.07, 6.45) is 2.95. The highest BCUT2D eigenvalue weighted by Gasteiger charge is 2.28. The number of pyridine rings is 1. The molecular formula is C25H27N6O5S-. The van der Waals surface area contributed by atoms with E-state index in [0.717, 1.165) is 18.5 Å². The Morgan fingerprint density at radius 3 is 2.41 bits per heavy atom. The summed E-state index contributed by atoms with van der Waals surface area (Å²) in [5.41, 5.74) is 3.23. The molecule has 4 aromatic rings. The molecule has 0 saturated heterocycles. The summed E-state index contributed by atoms with van der Waals surface area (Å²) in [6.45, 7) is 2.38. The highest BCUT2D eigenvalue weighted by atomic mass is 32.2. The topological polar surface area (TPSA) is 136 Å². The van der Waals surface area contributed by atoms with Crippen LogP contribution in [0.5, 0.6) is 17.4 Å². The average Bonchev–Trinajstić information content (AvgIpc) is 3.65. The van der Waals surface area contributed by atoms with Crippen molar-refractivity contribution in [2.45, 2.75) is 32.7 Å². The van der Waals surface area contributed by atoms with Crippen LogP contribution in [0.15, 0.2) is 36.4 Å². The second kappa shape index (κ2) is 10.8. The number of rotatable bonds is 11. The van der Waals surface area contributed by atoms with Crippen LogP contribution in [0.2, 0.25) is 0 Å². The van der Waals surface area contributed by atoms with Crippen molar-refractivity contribution in [2.24, 2.45) is 5.92 Å². The van der Waals surface area contributed by atoms with Gasteiger partial charge in [-0.05, 0) is 50.3 Å². The molecule has 0 radical (unpaired) electrons. The number of hydrogen-bond donors (Lipinski definition) is 1. The zero-order valence-electron chi connectivity index (χ0n) is 20.8. The van der Waals surface area contributed by atoms with Crippen molar-refractivity contribution in [2.75, 3.05) is 20.8 Å². The molecular weight excluding hydrogens is 496 g/mol. The third-order valence-electron chi connectivity index (χ3n) is 6.06. The van der Waals surface area contributed by atoms with Crippen LogP contribution in [-0.4, -0.2) is 54.1 Å². The van der Waals surface area contributed by atoms with E-state index in [1.54, 1.807) is 24.9 Å². The lowest BCUT2D eigenvalue weighted by molar-refractivity contribution is 0.327. The Morgan fingerprint density at radius 2 is 1.76 bits per heavy atom. The number of methoxy groups -OCH3 is 2. The van der Waals surface area contributed by atoms with E-state index in [0.29, 0.717) is 70.5 Å². The summed E-state index contributed by atoms with van der Waals surface area (Å²) in [5.74, 6) is 2.51. The van der Waals surface area contributed by atoms with Crippen molar-refractivity contribution in [3.05, 3.63) is 47.8 Å². The predicted octanol–water partition coefficient (Wildman–Crippen LogP) is 3.13. The first kappa shape index (κ1) is 25.1. The van der Waals surface area contributed by atoms with E-state index in [9.17, 15) is 8.76 Å². The molecule has 12 heteroatoms. The first-order valence-electron chi connectivity index (χ1n) is 11.9. The van der Waals surface area contributed by atoms with Gasteiger partial charge >= 0.3 is 0 Å². The highest BCUT2D eigenvalue weighted by molar-refractivity contribution is 7.77. The molecule has 1 atom stereocenters. The fraction of sp³-hybridized carbons (Fsp3) is 0.360. The number of hydrogen-bond acceptors (Lipinski definition) is 9. The molecule has 1 aromatic carbocycles. The van der Waals surface area contributed by atoms with Crippen molar-refractivity contribution in [3.8, 4) is 34.6 Å². The number of para-hydroxylation sites is 1. The maximum Gasteiger partial charge on any atom is 0.213 e. The van der Waals surface area contributed by atoms with Gasteiger partial charge in [-0.3, -0.25) is 8.78 Å². The fourth-order valence-electron chi connectivity index (χ4n) is 4.19. The van der Waals surface area contributed by atoms with E-state index >= 15 is 0 Å². The summed E-state index contributed by atoms with van der Waals surface area (Å²) < 4.78 is 43.8. The van der Waals surface area contributed by atoms with Crippen LogP contribution in [-0.2, 0) is 24.2 Å². The quantitative estimate of drug-likeness (QED) is 0.294. The zero-order chi connectivity index (χ0) is 25.9. The number of ether oxygens (including phenoxy) is 3. The van der Waals surface area contributed by atoms with Crippen LogP contribution < -0.4 is 18.9 Å². The van der Waals surface area contributed by atoms with Crippen molar-refractivity contribution >= 4 is 22.6 Å². The van der Waals surface area contributed by atoms with Crippen molar-refractivity contribution in [1.29, 1.82) is 0 Å². The van der Waals surface area contributed by atoms with E-state index in [-0.39, 0.29) is 6.54 Å². The van der Waals surface area contributed by atoms with E-state index in [1.165, 1.54) is 0 Å². The molecule has 3 heterocycles. The summed E-state index contributed by atoms with van der Waals surface area (Å²) in [6, 6.07) is 10.9. The third kappa shape index (κ3) is 5.26. The van der Waals surface area contributed by atoms with Crippen LogP contribution in [0.3, 0.4) is 0 Å². The van der Waals surface area contributed by atoms with Gasteiger partial charge < -0.3 is 18.8 Å². The molecule has 1 aliphatic rings. The zero-order valence-corrected chi connectivity index (χ0v) is 21.6. The molecule has 1 saturated carbocycles. The number of fused-ring (bicyclic) bond motifs is 1. The minimum atomic E-state index is -2.44. The highest BCUT2D eigenvalue weighted by Crippen LogP contribution is 2.38. The smallest absolute Gasteiger partial charge is 0.213 e. The normalized spacial score (nSPS) is 14.1. The SMILES string of the molecule is CCOc1cccc(-c2nc3nc(CC4CC4)c(CNS(=O)[O-])nc3n2-c2c(OC)cccc2OC)n1. The molecule has 0 aliphatic heterocycles. The second-order valence-electron chi connectivity index (χ2n) is 8.54. The predicted molar refractivity (Wildman–Crippen MR) is 136 cm³/mol.